The fourth-order valence-corrected chi connectivity index (χ4v) is 4.57. The van der Waals surface area contributed by atoms with Gasteiger partial charge in [0.1, 0.15) is 17.8 Å². The van der Waals surface area contributed by atoms with Gasteiger partial charge in [0, 0.05) is 37.6 Å². The van der Waals surface area contributed by atoms with Crippen molar-refractivity contribution in [3.63, 3.8) is 0 Å². The Kier molecular flexibility index (Phi) is 4.49. The lowest BCUT2D eigenvalue weighted by atomic mass is 10.0. The number of aromatic nitrogens is 7. The highest BCUT2D eigenvalue weighted by molar-refractivity contribution is 6.12. The van der Waals surface area contributed by atoms with E-state index in [1.807, 2.05) is 30.3 Å². The van der Waals surface area contributed by atoms with Crippen LogP contribution in [0.15, 0.2) is 66.1 Å². The summed E-state index contributed by atoms with van der Waals surface area (Å²) in [4.78, 5) is 43.4. The molecule has 0 unspecified atom stereocenters. The third-order valence-electron chi connectivity index (χ3n) is 6.20. The molecule has 0 aromatic carbocycles. The third kappa shape index (κ3) is 3.27. The molecule has 6 rings (SSSR count). The molecular formula is C23H20N8O2. The summed E-state index contributed by atoms with van der Waals surface area (Å²) in [5.41, 5.74) is 2.87. The lowest BCUT2D eigenvalue weighted by Gasteiger charge is -2.33. The van der Waals surface area contributed by atoms with Gasteiger partial charge in [0.15, 0.2) is 5.65 Å². The Balaban J connectivity index is 1.23. The molecule has 1 aliphatic rings. The number of nitrogens with one attached hydrogen (secondary N) is 1. The van der Waals surface area contributed by atoms with Gasteiger partial charge in [-0.25, -0.2) is 24.3 Å². The molecule has 1 saturated heterocycles. The van der Waals surface area contributed by atoms with E-state index in [0.717, 1.165) is 23.9 Å². The highest BCUT2D eigenvalue weighted by Crippen LogP contribution is 2.27. The molecule has 1 fully saturated rings. The van der Waals surface area contributed by atoms with Crippen molar-refractivity contribution in [1.29, 1.82) is 0 Å². The topological polar surface area (TPSA) is 114 Å². The number of nitrogens with zero attached hydrogens (tertiary/aromatic N) is 7. The summed E-state index contributed by atoms with van der Waals surface area (Å²) in [6.45, 7) is 1.43. The molecule has 0 spiro atoms. The molecule has 0 saturated carbocycles. The first-order valence-corrected chi connectivity index (χ1v) is 10.8. The monoisotopic (exact) mass is 440 g/mol. The molecule has 1 N–H and O–H groups in total. The van der Waals surface area contributed by atoms with Crippen LogP contribution in [0.5, 0.6) is 0 Å². The zero-order chi connectivity index (χ0) is 22.4. The Labute approximate surface area is 187 Å². The molecule has 10 nitrogen and oxygen atoms in total. The van der Waals surface area contributed by atoms with E-state index in [0.29, 0.717) is 35.8 Å². The number of piperidine rings is 1. The molecule has 33 heavy (non-hydrogen) atoms. The third-order valence-corrected chi connectivity index (χ3v) is 6.20. The Hall–Kier alpha value is -4.34. The summed E-state index contributed by atoms with van der Waals surface area (Å²) in [5.74, 6) is 0.517. The summed E-state index contributed by atoms with van der Waals surface area (Å²) < 4.78 is 3.47. The number of hydrogen-bond acceptors (Lipinski definition) is 7. The summed E-state index contributed by atoms with van der Waals surface area (Å²) in [7, 11) is 0. The van der Waals surface area contributed by atoms with Gasteiger partial charge in [0.05, 0.1) is 22.8 Å². The van der Waals surface area contributed by atoms with E-state index in [9.17, 15) is 9.59 Å². The number of pyridine rings is 2. The quantitative estimate of drug-likeness (QED) is 0.426. The van der Waals surface area contributed by atoms with Crippen molar-refractivity contribution in [2.24, 2.45) is 0 Å². The highest BCUT2D eigenvalue weighted by atomic mass is 16.1. The van der Waals surface area contributed by atoms with Gasteiger partial charge in [-0.3, -0.25) is 14.3 Å². The van der Waals surface area contributed by atoms with E-state index in [4.69, 9.17) is 0 Å². The van der Waals surface area contributed by atoms with Crippen LogP contribution < -0.4 is 10.6 Å². The largest absolute Gasteiger partial charge is 0.356 e. The Morgan fingerprint density at radius 1 is 1.03 bits per heavy atom. The average Bonchev–Trinajstić information content (AvgIpc) is 3.44. The van der Waals surface area contributed by atoms with Crippen LogP contribution in [0.3, 0.4) is 0 Å². The number of carbonyl (C=O) groups is 1. The minimum atomic E-state index is -0.187. The predicted octanol–water partition coefficient (Wildman–Crippen LogP) is 2.23. The number of imidazole rings is 1. The molecular weight excluding hydrogens is 420 g/mol. The first-order chi connectivity index (χ1) is 16.2. The van der Waals surface area contributed by atoms with Gasteiger partial charge in [-0.1, -0.05) is 6.07 Å². The van der Waals surface area contributed by atoms with Crippen LogP contribution >= 0.6 is 0 Å². The van der Waals surface area contributed by atoms with Crippen LogP contribution in [0.25, 0.3) is 16.7 Å². The van der Waals surface area contributed by atoms with Crippen molar-refractivity contribution < 1.29 is 4.79 Å². The molecule has 0 amide bonds. The van der Waals surface area contributed by atoms with Crippen LogP contribution in [-0.4, -0.2) is 53.0 Å². The smallest absolute Gasteiger partial charge is 0.327 e. The number of anilines is 1. The van der Waals surface area contributed by atoms with Crippen LogP contribution in [0.2, 0.25) is 0 Å². The van der Waals surface area contributed by atoms with Crippen LogP contribution in [-0.2, 0) is 0 Å². The van der Waals surface area contributed by atoms with Crippen LogP contribution in [0.4, 0.5) is 5.82 Å². The fourth-order valence-electron chi connectivity index (χ4n) is 4.57. The SMILES string of the molecule is O=C(c1cc(N2CCC(n3c(=O)[nH]c4ncccc43)CC2)ncn1)c1cnn2ccccc12. The van der Waals surface area contributed by atoms with Crippen LogP contribution in [0, 0.1) is 0 Å². The van der Waals surface area contributed by atoms with E-state index in [1.165, 1.54) is 6.33 Å². The Morgan fingerprint density at radius 2 is 1.88 bits per heavy atom. The molecule has 5 aromatic rings. The number of rotatable bonds is 4. The molecule has 0 atom stereocenters. The van der Waals surface area contributed by atoms with E-state index >= 15 is 0 Å². The molecule has 0 aliphatic carbocycles. The molecule has 0 bridgehead atoms. The number of carbonyl (C=O) groups excluding carboxylic acids is 1. The number of fused-ring (bicyclic) bond motifs is 2. The number of aromatic amines is 1. The van der Waals surface area contributed by atoms with Gasteiger partial charge >= 0.3 is 5.69 Å². The minimum Gasteiger partial charge on any atom is -0.356 e. The zero-order valence-corrected chi connectivity index (χ0v) is 17.6. The summed E-state index contributed by atoms with van der Waals surface area (Å²) >= 11 is 0. The molecule has 5 aromatic heterocycles. The normalized spacial score (nSPS) is 14.8. The van der Waals surface area contributed by atoms with Crippen molar-refractivity contribution in [1.82, 2.24) is 34.1 Å². The van der Waals surface area contributed by atoms with Crippen molar-refractivity contribution in [3.05, 3.63) is 83.1 Å². The van der Waals surface area contributed by atoms with E-state index in [1.54, 1.807) is 33.7 Å². The fraction of sp³-hybridized carbons (Fsp3) is 0.217. The molecule has 6 heterocycles. The second kappa shape index (κ2) is 7.66. The van der Waals surface area contributed by atoms with Gasteiger partial charge in [0.25, 0.3) is 0 Å². The molecule has 10 heteroatoms. The van der Waals surface area contributed by atoms with Crippen molar-refractivity contribution in [3.8, 4) is 0 Å². The molecule has 164 valence electrons. The second-order valence-electron chi connectivity index (χ2n) is 8.07. The maximum atomic E-state index is 13.1. The van der Waals surface area contributed by atoms with E-state index < -0.39 is 0 Å². The van der Waals surface area contributed by atoms with Gasteiger partial charge < -0.3 is 4.90 Å². The first-order valence-electron chi connectivity index (χ1n) is 10.8. The Bertz CT molecular complexity index is 1540. The number of hydrogen-bond donors (Lipinski definition) is 1. The van der Waals surface area contributed by atoms with Gasteiger partial charge in [-0.05, 0) is 37.1 Å². The Morgan fingerprint density at radius 3 is 2.76 bits per heavy atom. The highest BCUT2D eigenvalue weighted by Gasteiger charge is 2.25. The van der Waals surface area contributed by atoms with Crippen molar-refractivity contribution in [2.75, 3.05) is 18.0 Å². The van der Waals surface area contributed by atoms with E-state index in [-0.39, 0.29) is 17.5 Å². The lowest BCUT2D eigenvalue weighted by molar-refractivity contribution is 0.103. The second-order valence-corrected chi connectivity index (χ2v) is 8.07. The minimum absolute atomic E-state index is 0.0772. The summed E-state index contributed by atoms with van der Waals surface area (Å²) in [6, 6.07) is 11.2. The number of H-pyrrole nitrogens is 1. The summed E-state index contributed by atoms with van der Waals surface area (Å²) in [6.07, 6.45) is 8.03. The zero-order valence-electron chi connectivity index (χ0n) is 17.6. The van der Waals surface area contributed by atoms with Crippen molar-refractivity contribution in [2.45, 2.75) is 18.9 Å². The lowest BCUT2D eigenvalue weighted by Crippen LogP contribution is -2.37. The number of ketones is 1. The predicted molar refractivity (Wildman–Crippen MR) is 121 cm³/mol. The standard InChI is InChI=1S/C23H20N8O2/c32-21(16-13-27-30-9-2-1-4-18(16)30)17-12-20(26-14-25-17)29-10-6-15(7-11-29)31-19-5-3-8-24-22(19)28-23(31)33/h1-5,8-9,12-15H,6-7,10-11H2,(H,24,28,33). The van der Waals surface area contributed by atoms with Gasteiger partial charge in [-0.2, -0.15) is 5.10 Å². The summed E-state index contributed by atoms with van der Waals surface area (Å²) in [5, 5.41) is 4.25. The molecule has 1 aliphatic heterocycles. The molecule has 0 radical (unpaired) electrons. The maximum Gasteiger partial charge on any atom is 0.327 e. The van der Waals surface area contributed by atoms with Crippen LogP contribution in [0.1, 0.15) is 34.9 Å². The van der Waals surface area contributed by atoms with E-state index in [2.05, 4.69) is 29.9 Å². The first kappa shape index (κ1) is 19.4. The maximum absolute atomic E-state index is 13.1. The van der Waals surface area contributed by atoms with Gasteiger partial charge in [-0.15, -0.1) is 0 Å². The van der Waals surface area contributed by atoms with Crippen molar-refractivity contribution >= 4 is 28.3 Å². The van der Waals surface area contributed by atoms with Gasteiger partial charge in [0.2, 0.25) is 5.78 Å². The average molecular weight is 440 g/mol.